The number of nitrogen functional groups attached to an aromatic ring is 1. The number of rotatable bonds is 1. The fourth-order valence-corrected chi connectivity index (χ4v) is 1.62. The van der Waals surface area contributed by atoms with Gasteiger partial charge in [-0.15, -0.1) is 0 Å². The zero-order chi connectivity index (χ0) is 10.1. The lowest BCUT2D eigenvalue weighted by Crippen LogP contribution is -1.95. The van der Waals surface area contributed by atoms with Crippen LogP contribution in [0.25, 0.3) is 10.8 Å². The zero-order valence-corrected chi connectivity index (χ0v) is 8.47. The lowest BCUT2D eigenvalue weighted by molar-refractivity contribution is 1.32. The van der Waals surface area contributed by atoms with Crippen LogP contribution in [0.2, 0.25) is 5.02 Å². The molecule has 1 heterocycles. The predicted molar refractivity (Wildman–Crippen MR) is 60.7 cm³/mol. The number of fused-ring (bicyclic) bond motifs is 1. The molecule has 3 N–H and O–H groups in total. The van der Waals surface area contributed by atoms with E-state index in [1.165, 1.54) is 0 Å². The Bertz CT molecular complexity index is 482. The number of nitrogens with zero attached hydrogens (tertiary/aromatic N) is 1. The van der Waals surface area contributed by atoms with E-state index in [1.807, 2.05) is 19.2 Å². The van der Waals surface area contributed by atoms with Crippen LogP contribution < -0.4 is 11.1 Å². The van der Waals surface area contributed by atoms with Gasteiger partial charge in [0.1, 0.15) is 5.82 Å². The van der Waals surface area contributed by atoms with Crippen LogP contribution in [0.15, 0.2) is 24.4 Å². The number of benzene rings is 1. The second kappa shape index (κ2) is 3.35. The first-order valence-electron chi connectivity index (χ1n) is 4.24. The molecule has 0 aliphatic heterocycles. The molecule has 0 saturated carbocycles. The minimum atomic E-state index is 0.575. The van der Waals surface area contributed by atoms with Gasteiger partial charge >= 0.3 is 0 Å². The van der Waals surface area contributed by atoms with Gasteiger partial charge in [0.15, 0.2) is 0 Å². The van der Waals surface area contributed by atoms with Crippen molar-refractivity contribution >= 4 is 33.9 Å². The summed E-state index contributed by atoms with van der Waals surface area (Å²) in [6.45, 7) is 0. The Morgan fingerprint density at radius 3 is 2.79 bits per heavy atom. The van der Waals surface area contributed by atoms with Crippen molar-refractivity contribution in [1.82, 2.24) is 4.98 Å². The molecule has 14 heavy (non-hydrogen) atoms. The van der Waals surface area contributed by atoms with Crippen LogP contribution in [0, 0.1) is 0 Å². The summed E-state index contributed by atoms with van der Waals surface area (Å²) in [4.78, 5) is 4.19. The molecule has 2 aromatic rings. The van der Waals surface area contributed by atoms with Crippen molar-refractivity contribution in [3.05, 3.63) is 29.4 Å². The summed E-state index contributed by atoms with van der Waals surface area (Å²) in [6.07, 6.45) is 1.71. The number of anilines is 2. The largest absolute Gasteiger partial charge is 0.397 e. The minimum absolute atomic E-state index is 0.575. The molecule has 0 amide bonds. The Morgan fingerprint density at radius 1 is 1.29 bits per heavy atom. The van der Waals surface area contributed by atoms with Gasteiger partial charge in [0, 0.05) is 24.0 Å². The van der Waals surface area contributed by atoms with Gasteiger partial charge in [-0.05, 0) is 18.2 Å². The maximum absolute atomic E-state index is 5.92. The smallest absolute Gasteiger partial charge is 0.133 e. The first-order valence-corrected chi connectivity index (χ1v) is 4.62. The molecule has 0 aliphatic rings. The molecule has 0 fully saturated rings. The second-order valence-corrected chi connectivity index (χ2v) is 3.37. The summed E-state index contributed by atoms with van der Waals surface area (Å²) >= 11 is 5.92. The van der Waals surface area contributed by atoms with E-state index < -0.39 is 0 Å². The van der Waals surface area contributed by atoms with E-state index in [4.69, 9.17) is 17.3 Å². The normalized spacial score (nSPS) is 10.4. The summed E-state index contributed by atoms with van der Waals surface area (Å²) in [7, 11) is 1.83. The molecule has 0 atom stereocenters. The third kappa shape index (κ3) is 1.26. The molecule has 72 valence electrons. The Kier molecular flexibility index (Phi) is 2.17. The van der Waals surface area contributed by atoms with Gasteiger partial charge in [0.2, 0.25) is 0 Å². The van der Waals surface area contributed by atoms with Crippen molar-refractivity contribution in [3.8, 4) is 0 Å². The first kappa shape index (κ1) is 9.09. The van der Waals surface area contributed by atoms with E-state index in [1.54, 1.807) is 12.3 Å². The number of aromatic nitrogens is 1. The van der Waals surface area contributed by atoms with Gasteiger partial charge < -0.3 is 11.1 Å². The third-order valence-electron chi connectivity index (χ3n) is 2.17. The van der Waals surface area contributed by atoms with Crippen LogP contribution in [0.4, 0.5) is 11.5 Å². The number of nitrogens with one attached hydrogen (secondary N) is 1. The van der Waals surface area contributed by atoms with Crippen molar-refractivity contribution in [3.63, 3.8) is 0 Å². The van der Waals surface area contributed by atoms with Crippen LogP contribution in [0.1, 0.15) is 0 Å². The van der Waals surface area contributed by atoms with Gasteiger partial charge in [0.25, 0.3) is 0 Å². The molecule has 0 aliphatic carbocycles. The van der Waals surface area contributed by atoms with Gasteiger partial charge in [-0.1, -0.05) is 11.6 Å². The first-order chi connectivity index (χ1) is 6.74. The molecule has 2 rings (SSSR count). The quantitative estimate of drug-likeness (QED) is 0.707. The average molecular weight is 208 g/mol. The van der Waals surface area contributed by atoms with Gasteiger partial charge in [-0.2, -0.15) is 0 Å². The highest BCUT2D eigenvalue weighted by atomic mass is 35.5. The van der Waals surface area contributed by atoms with Crippen molar-refractivity contribution in [1.29, 1.82) is 0 Å². The van der Waals surface area contributed by atoms with Gasteiger partial charge in [-0.3, -0.25) is 0 Å². The number of hydrogen-bond donors (Lipinski definition) is 2. The molecule has 0 bridgehead atoms. The molecule has 4 heteroatoms. The maximum Gasteiger partial charge on any atom is 0.133 e. The van der Waals surface area contributed by atoms with E-state index in [9.17, 15) is 0 Å². The summed E-state index contributed by atoms with van der Waals surface area (Å²) in [6, 6.07) is 5.55. The molecule has 3 nitrogen and oxygen atoms in total. The van der Waals surface area contributed by atoms with Crippen molar-refractivity contribution in [2.75, 3.05) is 18.1 Å². The fraction of sp³-hybridized carbons (Fsp3) is 0.100. The molecule has 1 aromatic carbocycles. The Hall–Kier alpha value is -1.48. The van der Waals surface area contributed by atoms with E-state index in [0.717, 1.165) is 16.6 Å². The van der Waals surface area contributed by atoms with Crippen LogP contribution in [0.5, 0.6) is 0 Å². The Morgan fingerprint density at radius 2 is 2.07 bits per heavy atom. The van der Waals surface area contributed by atoms with E-state index in [2.05, 4.69) is 10.3 Å². The Balaban J connectivity index is 2.86. The van der Waals surface area contributed by atoms with Crippen LogP contribution in [-0.4, -0.2) is 12.0 Å². The molecule has 0 saturated heterocycles. The highest BCUT2D eigenvalue weighted by molar-refractivity contribution is 6.34. The molecule has 1 aromatic heterocycles. The minimum Gasteiger partial charge on any atom is -0.397 e. The van der Waals surface area contributed by atoms with Gasteiger partial charge in [-0.25, -0.2) is 4.98 Å². The van der Waals surface area contributed by atoms with Crippen LogP contribution in [-0.2, 0) is 0 Å². The molecular formula is C10H10ClN3. The monoisotopic (exact) mass is 207 g/mol. The molecule has 0 spiro atoms. The highest BCUT2D eigenvalue weighted by Gasteiger charge is 2.05. The lowest BCUT2D eigenvalue weighted by atomic mass is 10.1. The zero-order valence-electron chi connectivity index (χ0n) is 7.71. The number of nitrogens with two attached hydrogens (primary N) is 1. The number of halogens is 1. The third-order valence-corrected chi connectivity index (χ3v) is 2.50. The Labute approximate surface area is 86.9 Å². The highest BCUT2D eigenvalue weighted by Crippen LogP contribution is 2.30. The number of hydrogen-bond acceptors (Lipinski definition) is 3. The topological polar surface area (TPSA) is 50.9 Å². The van der Waals surface area contributed by atoms with Crippen molar-refractivity contribution in [2.45, 2.75) is 0 Å². The molecular weight excluding hydrogens is 198 g/mol. The van der Waals surface area contributed by atoms with E-state index >= 15 is 0 Å². The summed E-state index contributed by atoms with van der Waals surface area (Å²) < 4.78 is 0. The average Bonchev–Trinajstić information content (AvgIpc) is 2.23. The molecule has 0 unspecified atom stereocenters. The number of pyridine rings is 1. The summed E-state index contributed by atoms with van der Waals surface area (Å²) in [5.41, 5.74) is 6.45. The predicted octanol–water partition coefficient (Wildman–Crippen LogP) is 2.51. The standard InChI is InChI=1S/C10H10ClN3/c1-13-10-7-2-3-8(11)9(12)6(7)4-5-14-10/h2-5H,12H2,1H3,(H,13,14). The van der Waals surface area contributed by atoms with E-state index in [-0.39, 0.29) is 0 Å². The lowest BCUT2D eigenvalue weighted by Gasteiger charge is -2.07. The SMILES string of the molecule is CNc1nccc2c(N)c(Cl)ccc12. The van der Waals surface area contributed by atoms with Gasteiger partial charge in [0.05, 0.1) is 10.7 Å². The fourth-order valence-electron chi connectivity index (χ4n) is 1.45. The van der Waals surface area contributed by atoms with Crippen molar-refractivity contribution < 1.29 is 0 Å². The van der Waals surface area contributed by atoms with Crippen LogP contribution in [0.3, 0.4) is 0 Å². The molecule has 0 radical (unpaired) electrons. The van der Waals surface area contributed by atoms with E-state index in [0.29, 0.717) is 10.7 Å². The van der Waals surface area contributed by atoms with Crippen molar-refractivity contribution in [2.24, 2.45) is 0 Å². The van der Waals surface area contributed by atoms with Crippen LogP contribution >= 0.6 is 11.6 Å². The maximum atomic E-state index is 5.92. The second-order valence-electron chi connectivity index (χ2n) is 2.97. The summed E-state index contributed by atoms with van der Waals surface area (Å²) in [5, 5.41) is 5.49. The summed E-state index contributed by atoms with van der Waals surface area (Å²) in [5.74, 6) is 0.811.